The second kappa shape index (κ2) is 9.66. The maximum absolute atomic E-state index is 13.2. The smallest absolute Gasteiger partial charge is 0.270 e. The highest BCUT2D eigenvalue weighted by Gasteiger charge is 2.31. The molecule has 0 aliphatic heterocycles. The van der Waals surface area contributed by atoms with Gasteiger partial charge in [-0.2, -0.15) is 0 Å². The summed E-state index contributed by atoms with van der Waals surface area (Å²) in [6, 6.07) is 2.23. The molecule has 0 spiro atoms. The Bertz CT molecular complexity index is 875. The molecule has 2 aromatic rings. The molecular formula is C17H22FN3O7. The standard InChI is InChI=1S/C17H22FN3O7/c18-8-1-2-10-11(3-8)20-17(28)12(19-10)5-14(26)16(21-15(27)7-23)13(25)4-9(24)6-22/h1-3,9,13-14,16,22-26H,4-7H2,(H,20,28)(H,21,27)/t9-,13?,14+,16?/m0/s1. The van der Waals surface area contributed by atoms with E-state index in [1.165, 1.54) is 6.07 Å². The van der Waals surface area contributed by atoms with E-state index in [0.29, 0.717) is 0 Å². The molecule has 7 N–H and O–H groups in total. The number of hydrogen-bond acceptors (Lipinski definition) is 8. The van der Waals surface area contributed by atoms with Crippen LogP contribution in [0.2, 0.25) is 0 Å². The van der Waals surface area contributed by atoms with Gasteiger partial charge in [0.1, 0.15) is 18.1 Å². The van der Waals surface area contributed by atoms with Crippen LogP contribution in [0.5, 0.6) is 0 Å². The molecule has 1 aromatic heterocycles. The molecule has 11 heteroatoms. The summed E-state index contributed by atoms with van der Waals surface area (Å²) in [6.45, 7) is -1.55. The molecule has 4 atom stereocenters. The molecule has 1 amide bonds. The van der Waals surface area contributed by atoms with Gasteiger partial charge in [0, 0.05) is 12.8 Å². The number of carbonyl (C=O) groups excluding carboxylic acids is 1. The Balaban J connectivity index is 2.26. The lowest BCUT2D eigenvalue weighted by Crippen LogP contribution is -2.53. The molecule has 2 rings (SSSR count). The first-order valence-electron chi connectivity index (χ1n) is 8.48. The van der Waals surface area contributed by atoms with Crippen molar-refractivity contribution >= 4 is 16.9 Å². The number of amides is 1. The van der Waals surface area contributed by atoms with Crippen molar-refractivity contribution in [1.29, 1.82) is 0 Å². The van der Waals surface area contributed by atoms with E-state index in [0.717, 1.165) is 12.1 Å². The van der Waals surface area contributed by atoms with Gasteiger partial charge in [-0.05, 0) is 18.2 Å². The van der Waals surface area contributed by atoms with Crippen LogP contribution in [0.3, 0.4) is 0 Å². The van der Waals surface area contributed by atoms with Gasteiger partial charge in [0.25, 0.3) is 5.56 Å². The first-order valence-corrected chi connectivity index (χ1v) is 8.48. The Hall–Kier alpha value is -2.44. The van der Waals surface area contributed by atoms with Crippen molar-refractivity contribution in [2.75, 3.05) is 13.2 Å². The maximum Gasteiger partial charge on any atom is 0.270 e. The first kappa shape index (κ1) is 21.9. The van der Waals surface area contributed by atoms with Gasteiger partial charge >= 0.3 is 0 Å². The van der Waals surface area contributed by atoms with E-state index in [9.17, 15) is 29.3 Å². The van der Waals surface area contributed by atoms with E-state index >= 15 is 0 Å². The first-order chi connectivity index (χ1) is 13.2. The summed E-state index contributed by atoms with van der Waals surface area (Å²) >= 11 is 0. The number of rotatable bonds is 9. The summed E-state index contributed by atoms with van der Waals surface area (Å²) in [4.78, 5) is 30.2. The minimum atomic E-state index is -1.51. The molecule has 0 fully saturated rings. The van der Waals surface area contributed by atoms with Crippen LogP contribution in [0.15, 0.2) is 23.0 Å². The van der Waals surface area contributed by atoms with Gasteiger partial charge in [-0.15, -0.1) is 0 Å². The second-order valence-corrected chi connectivity index (χ2v) is 6.34. The van der Waals surface area contributed by atoms with E-state index in [2.05, 4.69) is 15.3 Å². The summed E-state index contributed by atoms with van der Waals surface area (Å²) < 4.78 is 13.2. The van der Waals surface area contributed by atoms with Crippen molar-refractivity contribution in [1.82, 2.24) is 15.3 Å². The minimum Gasteiger partial charge on any atom is -0.394 e. The normalized spacial score (nSPS) is 15.8. The minimum absolute atomic E-state index is 0.121. The number of aliphatic hydroxyl groups excluding tert-OH is 5. The van der Waals surface area contributed by atoms with Crippen LogP contribution in [0.1, 0.15) is 12.1 Å². The molecule has 0 saturated heterocycles. The number of aromatic amines is 1. The summed E-state index contributed by atoms with van der Waals surface area (Å²) in [5.41, 5.74) is -0.367. The Kier molecular flexibility index (Phi) is 7.54. The number of nitrogens with zero attached hydrogens (tertiary/aromatic N) is 1. The fourth-order valence-electron chi connectivity index (χ4n) is 2.74. The number of fused-ring (bicyclic) bond motifs is 1. The van der Waals surface area contributed by atoms with Crippen LogP contribution in [0.4, 0.5) is 4.39 Å². The third kappa shape index (κ3) is 5.53. The maximum atomic E-state index is 13.2. The highest BCUT2D eigenvalue weighted by molar-refractivity contribution is 5.77. The van der Waals surface area contributed by atoms with Crippen LogP contribution < -0.4 is 10.9 Å². The zero-order chi connectivity index (χ0) is 20.8. The molecular weight excluding hydrogens is 377 g/mol. The predicted octanol–water partition coefficient (Wildman–Crippen LogP) is -2.45. The molecule has 0 aliphatic rings. The Labute approximate surface area is 158 Å². The van der Waals surface area contributed by atoms with Crippen LogP contribution >= 0.6 is 0 Å². The molecule has 10 nitrogen and oxygen atoms in total. The average Bonchev–Trinajstić information content (AvgIpc) is 2.66. The molecule has 28 heavy (non-hydrogen) atoms. The van der Waals surface area contributed by atoms with E-state index in [-0.39, 0.29) is 29.6 Å². The van der Waals surface area contributed by atoms with Crippen LogP contribution in [-0.2, 0) is 11.2 Å². The van der Waals surface area contributed by atoms with Gasteiger partial charge in [0.15, 0.2) is 0 Å². The van der Waals surface area contributed by atoms with Gasteiger partial charge in [-0.1, -0.05) is 0 Å². The number of carbonyl (C=O) groups is 1. The SMILES string of the molecule is O=C(CO)NC(C(O)C[C@H](O)CO)[C@H](O)Cc1nc2ccc(F)cc2[nH]c1=O. The summed E-state index contributed by atoms with van der Waals surface area (Å²) in [5.74, 6) is -1.45. The molecule has 1 aromatic carbocycles. The molecule has 2 unspecified atom stereocenters. The van der Waals surface area contributed by atoms with Crippen molar-refractivity contribution < 1.29 is 34.7 Å². The zero-order valence-electron chi connectivity index (χ0n) is 14.7. The monoisotopic (exact) mass is 399 g/mol. The molecule has 0 radical (unpaired) electrons. The average molecular weight is 399 g/mol. The lowest BCUT2D eigenvalue weighted by Gasteiger charge is -2.29. The lowest BCUT2D eigenvalue weighted by atomic mass is 9.96. The zero-order valence-corrected chi connectivity index (χ0v) is 14.7. The van der Waals surface area contributed by atoms with Gasteiger partial charge < -0.3 is 35.8 Å². The van der Waals surface area contributed by atoms with Crippen LogP contribution in [0, 0.1) is 5.82 Å². The van der Waals surface area contributed by atoms with Crippen molar-refractivity contribution in [3.63, 3.8) is 0 Å². The number of H-pyrrole nitrogens is 1. The predicted molar refractivity (Wildman–Crippen MR) is 94.8 cm³/mol. The topological polar surface area (TPSA) is 176 Å². The quantitative estimate of drug-likeness (QED) is 0.243. The van der Waals surface area contributed by atoms with E-state index in [4.69, 9.17) is 10.2 Å². The molecule has 0 aliphatic carbocycles. The van der Waals surface area contributed by atoms with Gasteiger partial charge in [-0.3, -0.25) is 9.59 Å². The third-order valence-electron chi connectivity index (χ3n) is 4.15. The third-order valence-corrected chi connectivity index (χ3v) is 4.15. The van der Waals surface area contributed by atoms with Crippen LogP contribution in [0.25, 0.3) is 11.0 Å². The summed E-state index contributed by atoms with van der Waals surface area (Å²) in [5, 5.41) is 50.1. The van der Waals surface area contributed by atoms with E-state index in [1.54, 1.807) is 0 Å². The molecule has 1 heterocycles. The largest absolute Gasteiger partial charge is 0.394 e. The fourth-order valence-corrected chi connectivity index (χ4v) is 2.74. The molecule has 0 saturated carbocycles. The van der Waals surface area contributed by atoms with Crippen molar-refractivity contribution in [3.05, 3.63) is 40.1 Å². The van der Waals surface area contributed by atoms with E-state index in [1.807, 2.05) is 0 Å². The van der Waals surface area contributed by atoms with Crippen molar-refractivity contribution in [2.24, 2.45) is 0 Å². The number of aliphatic hydroxyl groups is 5. The van der Waals surface area contributed by atoms with Crippen LogP contribution in [-0.4, -0.2) is 79.0 Å². The van der Waals surface area contributed by atoms with Gasteiger partial charge in [0.2, 0.25) is 5.91 Å². The lowest BCUT2D eigenvalue weighted by molar-refractivity contribution is -0.127. The van der Waals surface area contributed by atoms with Gasteiger partial charge in [0.05, 0.1) is 42.0 Å². The number of benzene rings is 1. The second-order valence-electron chi connectivity index (χ2n) is 6.34. The Morgan fingerprint density at radius 3 is 2.57 bits per heavy atom. The number of aromatic nitrogens is 2. The van der Waals surface area contributed by atoms with Crippen molar-refractivity contribution in [2.45, 2.75) is 37.2 Å². The molecule has 0 bridgehead atoms. The number of halogens is 1. The Morgan fingerprint density at radius 1 is 1.21 bits per heavy atom. The molecule has 154 valence electrons. The van der Waals surface area contributed by atoms with Crippen molar-refractivity contribution in [3.8, 4) is 0 Å². The van der Waals surface area contributed by atoms with E-state index < -0.39 is 54.9 Å². The summed E-state index contributed by atoms with van der Waals surface area (Å²) in [6.07, 6.45) is -5.05. The highest BCUT2D eigenvalue weighted by atomic mass is 19.1. The summed E-state index contributed by atoms with van der Waals surface area (Å²) in [7, 11) is 0. The van der Waals surface area contributed by atoms with Gasteiger partial charge in [-0.25, -0.2) is 9.37 Å². The fraction of sp³-hybridized carbons (Fsp3) is 0.471. The number of nitrogens with one attached hydrogen (secondary N) is 2. The number of hydrogen-bond donors (Lipinski definition) is 7. The highest BCUT2D eigenvalue weighted by Crippen LogP contribution is 2.13. The Morgan fingerprint density at radius 2 is 1.93 bits per heavy atom.